The molecule has 0 bridgehead atoms. The molecule has 3 heteroatoms. The van der Waals surface area contributed by atoms with Crippen LogP contribution in [0.15, 0.2) is 0 Å². The number of rotatable bonds is 6. The topological polar surface area (TPSA) is 18.5 Å². The van der Waals surface area contributed by atoms with Gasteiger partial charge in [-0.15, -0.1) is 0 Å². The summed E-state index contributed by atoms with van der Waals surface area (Å²) in [5.74, 6) is 1.55. The number of nitrogens with zero attached hydrogens (tertiary/aromatic N) is 2. The SMILES string of the molecule is CC(C)C(CN(C)C)N1CCC(CNC(C)(C)C)C1. The number of hydrogen-bond donors (Lipinski definition) is 1. The Morgan fingerprint density at radius 1 is 1.26 bits per heavy atom. The lowest BCUT2D eigenvalue weighted by Gasteiger charge is -2.33. The summed E-state index contributed by atoms with van der Waals surface area (Å²) >= 11 is 0. The Balaban J connectivity index is 2.44. The van der Waals surface area contributed by atoms with Crippen LogP contribution in [0.2, 0.25) is 0 Å². The molecule has 2 unspecified atom stereocenters. The van der Waals surface area contributed by atoms with Gasteiger partial charge in [-0.2, -0.15) is 0 Å². The summed E-state index contributed by atoms with van der Waals surface area (Å²) in [5.41, 5.74) is 0.245. The van der Waals surface area contributed by atoms with Crippen LogP contribution in [0.25, 0.3) is 0 Å². The van der Waals surface area contributed by atoms with Gasteiger partial charge in [0.05, 0.1) is 0 Å². The maximum absolute atomic E-state index is 3.66. The molecule has 0 spiro atoms. The highest BCUT2D eigenvalue weighted by Gasteiger charge is 2.30. The van der Waals surface area contributed by atoms with E-state index in [2.05, 4.69) is 63.8 Å². The Labute approximate surface area is 120 Å². The predicted octanol–water partition coefficient (Wildman–Crippen LogP) is 2.28. The first kappa shape index (κ1) is 16.9. The van der Waals surface area contributed by atoms with Gasteiger partial charge >= 0.3 is 0 Å². The summed E-state index contributed by atoms with van der Waals surface area (Å²) in [6, 6.07) is 0.703. The second-order valence-electron chi connectivity index (χ2n) is 7.85. The van der Waals surface area contributed by atoms with Crippen molar-refractivity contribution in [2.24, 2.45) is 11.8 Å². The minimum Gasteiger partial charge on any atom is -0.312 e. The first-order chi connectivity index (χ1) is 8.69. The van der Waals surface area contributed by atoms with Gasteiger partial charge in [0.2, 0.25) is 0 Å². The monoisotopic (exact) mass is 269 g/mol. The molecule has 0 amide bonds. The molecule has 0 saturated carbocycles. The fourth-order valence-corrected chi connectivity index (χ4v) is 2.90. The number of hydrogen-bond acceptors (Lipinski definition) is 3. The van der Waals surface area contributed by atoms with E-state index >= 15 is 0 Å². The molecule has 19 heavy (non-hydrogen) atoms. The lowest BCUT2D eigenvalue weighted by atomic mass is 10.0. The minimum absolute atomic E-state index is 0.245. The zero-order valence-electron chi connectivity index (χ0n) is 14.2. The van der Waals surface area contributed by atoms with E-state index in [-0.39, 0.29) is 5.54 Å². The normalized spacial score (nSPS) is 23.5. The van der Waals surface area contributed by atoms with Gasteiger partial charge < -0.3 is 10.2 Å². The van der Waals surface area contributed by atoms with Crippen LogP contribution in [0.1, 0.15) is 41.0 Å². The van der Waals surface area contributed by atoms with Crippen molar-refractivity contribution >= 4 is 0 Å². The van der Waals surface area contributed by atoms with Crippen LogP contribution < -0.4 is 5.32 Å². The third kappa shape index (κ3) is 6.24. The zero-order valence-corrected chi connectivity index (χ0v) is 14.2. The Hall–Kier alpha value is -0.120. The Kier molecular flexibility index (Phi) is 6.28. The van der Waals surface area contributed by atoms with Crippen LogP contribution in [-0.4, -0.2) is 61.7 Å². The third-order valence-corrected chi connectivity index (χ3v) is 4.03. The molecule has 1 rings (SSSR count). The summed E-state index contributed by atoms with van der Waals surface area (Å²) in [6.07, 6.45) is 1.35. The van der Waals surface area contributed by atoms with Crippen molar-refractivity contribution in [3.63, 3.8) is 0 Å². The first-order valence-electron chi connectivity index (χ1n) is 7.83. The van der Waals surface area contributed by atoms with Gasteiger partial charge in [-0.3, -0.25) is 4.90 Å². The lowest BCUT2D eigenvalue weighted by Crippen LogP contribution is -2.45. The predicted molar refractivity (Wildman–Crippen MR) is 84.6 cm³/mol. The van der Waals surface area contributed by atoms with E-state index in [1.807, 2.05) is 0 Å². The second-order valence-corrected chi connectivity index (χ2v) is 7.85. The Morgan fingerprint density at radius 3 is 2.37 bits per heavy atom. The number of likely N-dealkylation sites (N-methyl/N-ethyl adjacent to an activating group) is 1. The standard InChI is InChI=1S/C16H35N3/c1-13(2)15(12-18(6)7)19-9-8-14(11-19)10-17-16(3,4)5/h13-15,17H,8-12H2,1-7H3. The lowest BCUT2D eigenvalue weighted by molar-refractivity contribution is 0.147. The van der Waals surface area contributed by atoms with Gasteiger partial charge in [0.25, 0.3) is 0 Å². The van der Waals surface area contributed by atoms with E-state index in [4.69, 9.17) is 0 Å². The molecule has 2 atom stereocenters. The highest BCUT2D eigenvalue weighted by molar-refractivity contribution is 4.86. The maximum Gasteiger partial charge on any atom is 0.0246 e. The molecule has 1 fully saturated rings. The van der Waals surface area contributed by atoms with E-state index < -0.39 is 0 Å². The van der Waals surface area contributed by atoms with Gasteiger partial charge in [0.1, 0.15) is 0 Å². The van der Waals surface area contributed by atoms with Crippen molar-refractivity contribution in [2.75, 3.05) is 40.3 Å². The van der Waals surface area contributed by atoms with Gasteiger partial charge in [0, 0.05) is 24.7 Å². The second kappa shape index (κ2) is 7.05. The van der Waals surface area contributed by atoms with E-state index in [1.165, 1.54) is 26.1 Å². The molecule has 0 aromatic rings. The van der Waals surface area contributed by atoms with E-state index in [9.17, 15) is 0 Å². The van der Waals surface area contributed by atoms with Gasteiger partial charge in [0.15, 0.2) is 0 Å². The molecule has 1 aliphatic heterocycles. The smallest absolute Gasteiger partial charge is 0.0246 e. The Morgan fingerprint density at radius 2 is 1.89 bits per heavy atom. The fourth-order valence-electron chi connectivity index (χ4n) is 2.90. The van der Waals surface area contributed by atoms with Gasteiger partial charge in [-0.25, -0.2) is 0 Å². The largest absolute Gasteiger partial charge is 0.312 e. The third-order valence-electron chi connectivity index (χ3n) is 4.03. The van der Waals surface area contributed by atoms with Crippen LogP contribution >= 0.6 is 0 Å². The summed E-state index contributed by atoms with van der Waals surface area (Å²) in [4.78, 5) is 5.03. The van der Waals surface area contributed by atoms with Gasteiger partial charge in [-0.1, -0.05) is 13.8 Å². The molecule has 1 heterocycles. The Bertz CT molecular complexity index is 255. The quantitative estimate of drug-likeness (QED) is 0.798. The molecule has 0 radical (unpaired) electrons. The van der Waals surface area contributed by atoms with Crippen molar-refractivity contribution in [2.45, 2.75) is 52.6 Å². The molecule has 0 aromatic heterocycles. The zero-order chi connectivity index (χ0) is 14.6. The molecule has 0 aromatic carbocycles. The van der Waals surface area contributed by atoms with Crippen LogP contribution in [0.5, 0.6) is 0 Å². The molecule has 1 aliphatic rings. The van der Waals surface area contributed by atoms with Gasteiger partial charge in [-0.05, 0) is 66.2 Å². The van der Waals surface area contributed by atoms with E-state index in [0.29, 0.717) is 6.04 Å². The summed E-state index contributed by atoms with van der Waals surface area (Å²) in [6.45, 7) is 16.3. The van der Waals surface area contributed by atoms with Crippen molar-refractivity contribution < 1.29 is 0 Å². The van der Waals surface area contributed by atoms with Crippen LogP contribution in [0, 0.1) is 11.8 Å². The van der Waals surface area contributed by atoms with E-state index in [1.54, 1.807) is 0 Å². The summed E-state index contributed by atoms with van der Waals surface area (Å²) in [5, 5.41) is 3.66. The maximum atomic E-state index is 3.66. The summed E-state index contributed by atoms with van der Waals surface area (Å²) in [7, 11) is 4.37. The fraction of sp³-hybridized carbons (Fsp3) is 1.00. The molecule has 114 valence electrons. The van der Waals surface area contributed by atoms with Crippen LogP contribution in [0.4, 0.5) is 0 Å². The first-order valence-corrected chi connectivity index (χ1v) is 7.83. The van der Waals surface area contributed by atoms with Crippen molar-refractivity contribution in [3.05, 3.63) is 0 Å². The number of nitrogens with one attached hydrogen (secondary N) is 1. The number of likely N-dealkylation sites (tertiary alicyclic amines) is 1. The highest BCUT2D eigenvalue weighted by Crippen LogP contribution is 2.22. The van der Waals surface area contributed by atoms with Crippen LogP contribution in [0.3, 0.4) is 0 Å². The molecular formula is C16H35N3. The average Bonchev–Trinajstić information content (AvgIpc) is 2.70. The molecule has 3 nitrogen and oxygen atoms in total. The molecule has 1 N–H and O–H groups in total. The van der Waals surface area contributed by atoms with Crippen molar-refractivity contribution in [1.29, 1.82) is 0 Å². The van der Waals surface area contributed by atoms with Crippen LogP contribution in [-0.2, 0) is 0 Å². The summed E-state index contributed by atoms with van der Waals surface area (Å²) < 4.78 is 0. The molecule has 1 saturated heterocycles. The average molecular weight is 269 g/mol. The van der Waals surface area contributed by atoms with Crippen molar-refractivity contribution in [1.82, 2.24) is 15.1 Å². The molecular weight excluding hydrogens is 234 g/mol. The van der Waals surface area contributed by atoms with Crippen molar-refractivity contribution in [3.8, 4) is 0 Å². The van der Waals surface area contributed by atoms with E-state index in [0.717, 1.165) is 18.4 Å². The highest BCUT2D eigenvalue weighted by atomic mass is 15.2. The minimum atomic E-state index is 0.245. The molecule has 0 aliphatic carbocycles.